The highest BCUT2D eigenvalue weighted by Gasteiger charge is 2.08. The molecule has 0 fully saturated rings. The Kier molecular flexibility index (Phi) is 5.95. The topological polar surface area (TPSA) is 63.5 Å². The molecule has 2 aromatic carbocycles. The fourth-order valence-corrected chi connectivity index (χ4v) is 2.35. The van der Waals surface area contributed by atoms with Crippen LogP contribution in [0.3, 0.4) is 0 Å². The molecule has 0 aliphatic heterocycles. The number of rotatable bonds is 5. The van der Waals surface area contributed by atoms with Gasteiger partial charge in [0.15, 0.2) is 0 Å². The van der Waals surface area contributed by atoms with Gasteiger partial charge < -0.3 is 4.90 Å². The van der Waals surface area contributed by atoms with E-state index >= 15 is 0 Å². The van der Waals surface area contributed by atoms with E-state index in [0.717, 1.165) is 5.56 Å². The molecule has 0 saturated carbocycles. The lowest BCUT2D eigenvalue weighted by Crippen LogP contribution is -2.24. The molecule has 2 rings (SSSR count). The second kappa shape index (κ2) is 7.95. The summed E-state index contributed by atoms with van der Waals surface area (Å²) in [5.41, 5.74) is 1.42. The van der Waals surface area contributed by atoms with Crippen LogP contribution in [0.1, 0.15) is 11.1 Å². The molecule has 0 radical (unpaired) electrons. The fraction of sp³-hybridized carbons (Fsp3) is 0.118. The van der Waals surface area contributed by atoms with E-state index in [-0.39, 0.29) is 11.6 Å². The standard InChI is InChI=1S/C17H14Cl2N2O3/c1-20(11-13-5-7-15(18)16(19)10-13)17(22)8-6-12-3-2-4-14(9-12)21(23)24/h2-10H,11H2,1H3/b8-6+. The first-order valence-electron chi connectivity index (χ1n) is 6.98. The van der Waals surface area contributed by atoms with Gasteiger partial charge in [-0.2, -0.15) is 0 Å². The highest BCUT2D eigenvalue weighted by molar-refractivity contribution is 6.42. The molecule has 0 aliphatic carbocycles. The van der Waals surface area contributed by atoms with Crippen molar-refractivity contribution in [1.82, 2.24) is 4.90 Å². The molecule has 0 N–H and O–H groups in total. The van der Waals surface area contributed by atoms with Gasteiger partial charge in [-0.05, 0) is 29.3 Å². The summed E-state index contributed by atoms with van der Waals surface area (Å²) in [4.78, 5) is 23.9. The molecule has 5 nitrogen and oxygen atoms in total. The minimum Gasteiger partial charge on any atom is -0.338 e. The van der Waals surface area contributed by atoms with Crippen molar-refractivity contribution in [3.8, 4) is 0 Å². The Bertz CT molecular complexity index is 806. The Morgan fingerprint density at radius 1 is 1.21 bits per heavy atom. The average Bonchev–Trinajstić information content (AvgIpc) is 2.56. The number of non-ortho nitro benzene ring substituents is 1. The van der Waals surface area contributed by atoms with Gasteiger partial charge in [0.05, 0.1) is 15.0 Å². The largest absolute Gasteiger partial charge is 0.338 e. The maximum absolute atomic E-state index is 12.1. The van der Waals surface area contributed by atoms with Crippen molar-refractivity contribution in [2.45, 2.75) is 6.54 Å². The molecule has 0 aliphatic rings. The first kappa shape index (κ1) is 18.0. The van der Waals surface area contributed by atoms with Crippen LogP contribution in [0.5, 0.6) is 0 Å². The maximum atomic E-state index is 12.1. The number of carbonyl (C=O) groups is 1. The number of carbonyl (C=O) groups excluding carboxylic acids is 1. The lowest BCUT2D eigenvalue weighted by atomic mass is 10.2. The Balaban J connectivity index is 2.04. The predicted molar refractivity (Wildman–Crippen MR) is 95.1 cm³/mol. The molecule has 0 saturated heterocycles. The lowest BCUT2D eigenvalue weighted by molar-refractivity contribution is -0.384. The predicted octanol–water partition coefficient (Wildman–Crippen LogP) is 4.57. The van der Waals surface area contributed by atoms with Crippen LogP contribution < -0.4 is 0 Å². The summed E-state index contributed by atoms with van der Waals surface area (Å²) in [5, 5.41) is 11.6. The molecule has 0 bridgehead atoms. The molecule has 0 spiro atoms. The second-order valence-corrected chi connectivity index (χ2v) is 5.94. The molecular formula is C17H14Cl2N2O3. The summed E-state index contributed by atoms with van der Waals surface area (Å²) < 4.78 is 0. The molecule has 7 heteroatoms. The van der Waals surface area contributed by atoms with Gasteiger partial charge in [-0.1, -0.05) is 41.4 Å². The number of hydrogen-bond donors (Lipinski definition) is 0. The van der Waals surface area contributed by atoms with Gasteiger partial charge in [0, 0.05) is 31.8 Å². The van der Waals surface area contributed by atoms with E-state index < -0.39 is 4.92 Å². The number of nitrogens with zero attached hydrogens (tertiary/aromatic N) is 2. The smallest absolute Gasteiger partial charge is 0.270 e. The molecular weight excluding hydrogens is 351 g/mol. The normalized spacial score (nSPS) is 10.8. The van der Waals surface area contributed by atoms with Crippen molar-refractivity contribution >= 4 is 40.9 Å². The van der Waals surface area contributed by atoms with Crippen LogP contribution >= 0.6 is 23.2 Å². The molecule has 2 aromatic rings. The number of likely N-dealkylation sites (N-methyl/N-ethyl adjacent to an activating group) is 1. The van der Waals surface area contributed by atoms with Crippen LogP contribution in [0.15, 0.2) is 48.5 Å². The SMILES string of the molecule is CN(Cc1ccc(Cl)c(Cl)c1)C(=O)/C=C/c1cccc([N+](=O)[O-])c1. The molecule has 0 heterocycles. The van der Waals surface area contributed by atoms with Gasteiger partial charge in [-0.15, -0.1) is 0 Å². The van der Waals surface area contributed by atoms with Gasteiger partial charge in [-0.25, -0.2) is 0 Å². The quantitative estimate of drug-likeness (QED) is 0.443. The van der Waals surface area contributed by atoms with Crippen molar-refractivity contribution in [3.05, 3.63) is 79.8 Å². The molecule has 124 valence electrons. The molecule has 1 amide bonds. The minimum atomic E-state index is -0.477. The van der Waals surface area contributed by atoms with Crippen LogP contribution in [0.4, 0.5) is 5.69 Å². The third-order valence-corrected chi connectivity index (χ3v) is 4.02. The van der Waals surface area contributed by atoms with E-state index in [2.05, 4.69) is 0 Å². The van der Waals surface area contributed by atoms with E-state index in [1.54, 1.807) is 43.5 Å². The van der Waals surface area contributed by atoms with Crippen molar-refractivity contribution < 1.29 is 9.72 Å². The minimum absolute atomic E-state index is 0.0197. The Hall–Kier alpha value is -2.37. The molecule has 0 atom stereocenters. The van der Waals surface area contributed by atoms with E-state index in [0.29, 0.717) is 22.2 Å². The van der Waals surface area contributed by atoms with Gasteiger partial charge in [0.2, 0.25) is 5.91 Å². The number of halogens is 2. The van der Waals surface area contributed by atoms with Gasteiger partial charge in [0.1, 0.15) is 0 Å². The van der Waals surface area contributed by atoms with Crippen LogP contribution in [-0.2, 0) is 11.3 Å². The average molecular weight is 365 g/mol. The summed E-state index contributed by atoms with van der Waals surface area (Å²) in [6, 6.07) is 11.2. The van der Waals surface area contributed by atoms with E-state index in [9.17, 15) is 14.9 Å². The number of nitro groups is 1. The summed E-state index contributed by atoms with van der Waals surface area (Å²) in [6.07, 6.45) is 2.91. The first-order valence-corrected chi connectivity index (χ1v) is 7.74. The van der Waals surface area contributed by atoms with Crippen molar-refractivity contribution in [2.24, 2.45) is 0 Å². The Morgan fingerprint density at radius 3 is 2.62 bits per heavy atom. The van der Waals surface area contributed by atoms with Crippen LogP contribution in [-0.4, -0.2) is 22.8 Å². The zero-order chi connectivity index (χ0) is 17.7. The Morgan fingerprint density at radius 2 is 1.96 bits per heavy atom. The number of hydrogen-bond acceptors (Lipinski definition) is 3. The van der Waals surface area contributed by atoms with Crippen molar-refractivity contribution in [2.75, 3.05) is 7.05 Å². The monoisotopic (exact) mass is 364 g/mol. The molecule has 24 heavy (non-hydrogen) atoms. The van der Waals surface area contributed by atoms with Crippen molar-refractivity contribution in [3.63, 3.8) is 0 Å². The summed E-state index contributed by atoms with van der Waals surface area (Å²) in [6.45, 7) is 0.370. The van der Waals surface area contributed by atoms with Gasteiger partial charge >= 0.3 is 0 Å². The van der Waals surface area contributed by atoms with E-state index in [1.807, 2.05) is 0 Å². The summed E-state index contributed by atoms with van der Waals surface area (Å²) in [5.74, 6) is -0.229. The lowest BCUT2D eigenvalue weighted by Gasteiger charge is -2.15. The van der Waals surface area contributed by atoms with Crippen LogP contribution in [0.2, 0.25) is 10.0 Å². The van der Waals surface area contributed by atoms with Gasteiger partial charge in [0.25, 0.3) is 5.69 Å². The zero-order valence-electron chi connectivity index (χ0n) is 12.8. The van der Waals surface area contributed by atoms with Gasteiger partial charge in [-0.3, -0.25) is 14.9 Å². The first-order chi connectivity index (χ1) is 11.4. The van der Waals surface area contributed by atoms with Crippen LogP contribution in [0.25, 0.3) is 6.08 Å². The Labute approximate surface area is 149 Å². The van der Waals surface area contributed by atoms with E-state index in [4.69, 9.17) is 23.2 Å². The molecule has 0 aromatic heterocycles. The maximum Gasteiger partial charge on any atom is 0.270 e. The highest BCUT2D eigenvalue weighted by Crippen LogP contribution is 2.23. The third kappa shape index (κ3) is 4.81. The highest BCUT2D eigenvalue weighted by atomic mass is 35.5. The van der Waals surface area contributed by atoms with Crippen molar-refractivity contribution in [1.29, 1.82) is 0 Å². The third-order valence-electron chi connectivity index (χ3n) is 3.28. The number of amides is 1. The van der Waals surface area contributed by atoms with E-state index in [1.165, 1.54) is 23.1 Å². The zero-order valence-corrected chi connectivity index (χ0v) is 14.3. The fourth-order valence-electron chi connectivity index (χ4n) is 2.03. The number of nitro benzene ring substituents is 1. The molecule has 0 unspecified atom stereocenters. The summed E-state index contributed by atoms with van der Waals surface area (Å²) in [7, 11) is 1.66. The second-order valence-electron chi connectivity index (χ2n) is 5.13. The van der Waals surface area contributed by atoms with Crippen LogP contribution in [0, 0.1) is 10.1 Å². The number of benzene rings is 2. The summed E-state index contributed by atoms with van der Waals surface area (Å²) >= 11 is 11.8.